The lowest BCUT2D eigenvalue weighted by molar-refractivity contribution is 0.0531. The van der Waals surface area contributed by atoms with Crippen LogP contribution in [0.1, 0.15) is 33.3 Å². The van der Waals surface area contributed by atoms with Crippen molar-refractivity contribution in [3.05, 3.63) is 42.6 Å². The molecule has 0 unspecified atom stereocenters. The maximum absolute atomic E-state index is 11.9. The minimum atomic E-state index is -0.467. The Morgan fingerprint density at radius 3 is 2.83 bits per heavy atom. The van der Waals surface area contributed by atoms with Gasteiger partial charge in [-0.3, -0.25) is 0 Å². The number of phenolic OH excluding ortho intramolecular Hbond substituents is 1. The Bertz CT molecular complexity index is 869. The highest BCUT2D eigenvalue weighted by Gasteiger charge is 2.20. The number of nitriles is 1. The van der Waals surface area contributed by atoms with Crippen LogP contribution in [0.15, 0.2) is 26.1 Å². The van der Waals surface area contributed by atoms with E-state index in [9.17, 15) is 15.2 Å². The van der Waals surface area contributed by atoms with E-state index < -0.39 is 5.97 Å². The smallest absolute Gasteiger partial charge is 0.348 e. The largest absolute Gasteiger partial charge is 0.506 e. The Balaban J connectivity index is 2.45. The van der Waals surface area contributed by atoms with Gasteiger partial charge in [0, 0.05) is 16.3 Å². The zero-order valence-corrected chi connectivity index (χ0v) is 16.7. The SMILES string of the molecule is CCOC(=O)c1sc(N=Cc2cc(Br)cc(Br)c2O)c(C#N)c1C. The van der Waals surface area contributed by atoms with Crippen molar-refractivity contribution in [3.63, 3.8) is 0 Å². The highest BCUT2D eigenvalue weighted by molar-refractivity contribution is 9.11. The molecule has 124 valence electrons. The van der Waals surface area contributed by atoms with E-state index in [0.29, 0.717) is 31.0 Å². The highest BCUT2D eigenvalue weighted by atomic mass is 79.9. The molecule has 1 aromatic carbocycles. The molecule has 0 spiro atoms. The number of hydrogen-bond acceptors (Lipinski definition) is 6. The van der Waals surface area contributed by atoms with Crippen molar-refractivity contribution in [2.45, 2.75) is 13.8 Å². The highest BCUT2D eigenvalue weighted by Crippen LogP contribution is 2.36. The van der Waals surface area contributed by atoms with Crippen LogP contribution >= 0.6 is 43.2 Å². The van der Waals surface area contributed by atoms with Crippen molar-refractivity contribution in [2.75, 3.05) is 6.61 Å². The number of carbonyl (C=O) groups is 1. The Morgan fingerprint density at radius 2 is 2.21 bits per heavy atom. The standard InChI is InChI=1S/C16H12Br2N2O3S/c1-3-23-16(22)14-8(2)11(6-19)15(24-14)20-7-9-4-10(17)5-12(18)13(9)21/h4-5,7,21H,3H2,1-2H3. The van der Waals surface area contributed by atoms with Gasteiger partial charge in [0.25, 0.3) is 0 Å². The molecule has 24 heavy (non-hydrogen) atoms. The lowest BCUT2D eigenvalue weighted by Gasteiger charge is -2.02. The summed E-state index contributed by atoms with van der Waals surface area (Å²) in [5, 5.41) is 19.8. The van der Waals surface area contributed by atoms with Gasteiger partial charge >= 0.3 is 5.97 Å². The van der Waals surface area contributed by atoms with Crippen LogP contribution in [-0.2, 0) is 4.74 Å². The molecular formula is C16H12Br2N2O3S. The molecule has 0 radical (unpaired) electrons. The van der Waals surface area contributed by atoms with Gasteiger partial charge in [-0.05, 0) is 47.5 Å². The van der Waals surface area contributed by atoms with Crippen LogP contribution in [0.4, 0.5) is 5.00 Å². The predicted octanol–water partition coefficient (Wildman–Crippen LogP) is 5.09. The summed E-state index contributed by atoms with van der Waals surface area (Å²) >= 11 is 7.68. The Kier molecular flexibility index (Phi) is 6.15. The molecule has 2 rings (SSSR count). The van der Waals surface area contributed by atoms with Crippen LogP contribution in [0.2, 0.25) is 0 Å². The Morgan fingerprint density at radius 1 is 1.50 bits per heavy atom. The lowest BCUT2D eigenvalue weighted by atomic mass is 10.2. The van der Waals surface area contributed by atoms with Crippen LogP contribution in [0.5, 0.6) is 5.75 Å². The van der Waals surface area contributed by atoms with Gasteiger partial charge in [-0.1, -0.05) is 15.9 Å². The third-order valence-electron chi connectivity index (χ3n) is 3.08. The molecular weight excluding hydrogens is 460 g/mol. The third-order valence-corrected chi connectivity index (χ3v) is 5.32. The van der Waals surface area contributed by atoms with E-state index in [0.717, 1.165) is 15.8 Å². The summed E-state index contributed by atoms with van der Waals surface area (Å²) in [5.41, 5.74) is 1.35. The van der Waals surface area contributed by atoms with Crippen molar-refractivity contribution in [2.24, 2.45) is 4.99 Å². The number of aliphatic imine (C=N–C) groups is 1. The van der Waals surface area contributed by atoms with Gasteiger partial charge in [0.15, 0.2) is 0 Å². The zero-order chi connectivity index (χ0) is 17.9. The number of aromatic hydroxyl groups is 1. The average Bonchev–Trinajstić information content (AvgIpc) is 2.85. The van der Waals surface area contributed by atoms with Crippen LogP contribution in [-0.4, -0.2) is 23.9 Å². The average molecular weight is 472 g/mol. The van der Waals surface area contributed by atoms with Gasteiger partial charge in [0.2, 0.25) is 0 Å². The lowest BCUT2D eigenvalue weighted by Crippen LogP contribution is -2.03. The fraction of sp³-hybridized carbons (Fsp3) is 0.188. The second kappa shape index (κ2) is 7.92. The van der Waals surface area contributed by atoms with Crippen LogP contribution in [0.25, 0.3) is 0 Å². The first-order chi connectivity index (χ1) is 11.4. The summed E-state index contributed by atoms with van der Waals surface area (Å²) in [5.74, 6) is -0.426. The number of nitrogens with zero attached hydrogens (tertiary/aromatic N) is 2. The predicted molar refractivity (Wildman–Crippen MR) is 100 cm³/mol. The molecule has 1 aromatic heterocycles. The number of benzene rings is 1. The number of hydrogen-bond donors (Lipinski definition) is 1. The molecule has 0 aliphatic rings. The molecule has 8 heteroatoms. The number of thiophene rings is 1. The Hall–Kier alpha value is -1.69. The molecule has 0 bridgehead atoms. The monoisotopic (exact) mass is 470 g/mol. The molecule has 5 nitrogen and oxygen atoms in total. The van der Waals surface area contributed by atoms with Gasteiger partial charge in [-0.15, -0.1) is 11.3 Å². The van der Waals surface area contributed by atoms with Gasteiger partial charge in [-0.25, -0.2) is 9.79 Å². The van der Waals surface area contributed by atoms with Gasteiger partial charge in [0.1, 0.15) is 21.7 Å². The first-order valence-corrected chi connectivity index (χ1v) is 9.22. The van der Waals surface area contributed by atoms with E-state index in [1.807, 2.05) is 0 Å². The molecule has 0 amide bonds. The molecule has 2 aromatic rings. The molecule has 0 aliphatic carbocycles. The van der Waals surface area contributed by atoms with Crippen LogP contribution in [0.3, 0.4) is 0 Å². The summed E-state index contributed by atoms with van der Waals surface area (Å²) in [4.78, 5) is 16.6. The number of carbonyl (C=O) groups excluding carboxylic acids is 1. The van der Waals surface area contributed by atoms with E-state index in [2.05, 4.69) is 42.9 Å². The van der Waals surface area contributed by atoms with E-state index in [1.165, 1.54) is 6.21 Å². The molecule has 1 heterocycles. The summed E-state index contributed by atoms with van der Waals surface area (Å²) < 4.78 is 6.28. The first-order valence-electron chi connectivity index (χ1n) is 6.81. The summed E-state index contributed by atoms with van der Waals surface area (Å²) in [6.07, 6.45) is 1.45. The number of halogens is 2. The minimum absolute atomic E-state index is 0.0411. The van der Waals surface area contributed by atoms with Crippen LogP contribution in [0, 0.1) is 18.3 Å². The van der Waals surface area contributed by atoms with Crippen molar-refractivity contribution in [1.82, 2.24) is 0 Å². The van der Waals surface area contributed by atoms with Crippen molar-refractivity contribution in [3.8, 4) is 11.8 Å². The maximum Gasteiger partial charge on any atom is 0.348 e. The number of esters is 1. The third kappa shape index (κ3) is 3.86. The van der Waals surface area contributed by atoms with E-state index in [1.54, 1.807) is 26.0 Å². The normalized spacial score (nSPS) is 10.8. The zero-order valence-electron chi connectivity index (χ0n) is 12.8. The van der Waals surface area contributed by atoms with Crippen LogP contribution < -0.4 is 0 Å². The van der Waals surface area contributed by atoms with Gasteiger partial charge in [-0.2, -0.15) is 5.26 Å². The molecule has 0 fully saturated rings. The molecule has 0 saturated heterocycles. The number of phenols is 1. The number of ether oxygens (including phenoxy) is 1. The van der Waals surface area contributed by atoms with E-state index >= 15 is 0 Å². The molecule has 0 saturated carbocycles. The first kappa shape index (κ1) is 18.6. The van der Waals surface area contributed by atoms with Gasteiger partial charge < -0.3 is 9.84 Å². The topological polar surface area (TPSA) is 82.7 Å². The van der Waals surface area contributed by atoms with E-state index in [-0.39, 0.29) is 12.4 Å². The summed E-state index contributed by atoms with van der Waals surface area (Å²) in [6.45, 7) is 3.67. The molecule has 0 atom stereocenters. The maximum atomic E-state index is 11.9. The second-order valence-electron chi connectivity index (χ2n) is 4.65. The Labute approximate surface area is 159 Å². The van der Waals surface area contributed by atoms with Gasteiger partial charge in [0.05, 0.1) is 16.6 Å². The van der Waals surface area contributed by atoms with Crippen molar-refractivity contribution < 1.29 is 14.6 Å². The second-order valence-corrected chi connectivity index (χ2v) is 7.42. The summed E-state index contributed by atoms with van der Waals surface area (Å²) in [7, 11) is 0. The van der Waals surface area contributed by atoms with Crippen molar-refractivity contribution in [1.29, 1.82) is 5.26 Å². The number of rotatable bonds is 4. The fourth-order valence-electron chi connectivity index (χ4n) is 1.92. The van der Waals surface area contributed by atoms with E-state index in [4.69, 9.17) is 4.74 Å². The molecule has 0 aliphatic heterocycles. The fourth-order valence-corrected chi connectivity index (χ4v) is 4.18. The summed E-state index contributed by atoms with van der Waals surface area (Å²) in [6, 6.07) is 5.47. The quantitative estimate of drug-likeness (QED) is 0.497. The molecule has 1 N–H and O–H groups in total. The minimum Gasteiger partial charge on any atom is -0.506 e. The van der Waals surface area contributed by atoms with Crippen molar-refractivity contribution >= 4 is 60.4 Å².